The molecule has 156 valence electrons. The van der Waals surface area contributed by atoms with Crippen molar-refractivity contribution in [3.63, 3.8) is 0 Å². The zero-order valence-electron chi connectivity index (χ0n) is 15.2. The quantitative estimate of drug-likeness (QED) is 0.673. The number of nitrogens with zero attached hydrogens (tertiary/aromatic N) is 1. The molecular formula is C19H19BrF2N2O4S. The van der Waals surface area contributed by atoms with Crippen molar-refractivity contribution in [2.24, 2.45) is 0 Å². The second-order valence-electron chi connectivity index (χ2n) is 6.52. The van der Waals surface area contributed by atoms with E-state index < -0.39 is 20.5 Å². The Bertz CT molecular complexity index is 953. The minimum absolute atomic E-state index is 0.132. The van der Waals surface area contributed by atoms with Crippen molar-refractivity contribution in [1.82, 2.24) is 4.90 Å². The summed E-state index contributed by atoms with van der Waals surface area (Å²) in [4.78, 5) is 13.8. The van der Waals surface area contributed by atoms with Crippen LogP contribution in [0.15, 0.2) is 57.9 Å². The lowest BCUT2D eigenvalue weighted by molar-refractivity contribution is -0.119. The number of carbonyl (C=O) groups is 1. The Balaban J connectivity index is 1.57. The lowest BCUT2D eigenvalue weighted by atomic mass is 10.1. The van der Waals surface area contributed by atoms with Gasteiger partial charge in [0.05, 0.1) is 24.2 Å². The zero-order valence-corrected chi connectivity index (χ0v) is 17.6. The molecule has 1 aliphatic rings. The van der Waals surface area contributed by atoms with Crippen molar-refractivity contribution < 1.29 is 26.7 Å². The van der Waals surface area contributed by atoms with Crippen LogP contribution in [0.1, 0.15) is 11.7 Å². The summed E-state index contributed by atoms with van der Waals surface area (Å²) in [5, 5.41) is 2.65. The number of sulfone groups is 1. The number of hydrogen-bond acceptors (Lipinski definition) is 5. The molecule has 0 saturated carbocycles. The van der Waals surface area contributed by atoms with Gasteiger partial charge >= 0.3 is 5.76 Å². The largest absolute Gasteiger partial charge is 0.371 e. The number of rotatable bonds is 6. The Morgan fingerprint density at radius 1 is 1.17 bits per heavy atom. The zero-order chi connectivity index (χ0) is 21.0. The standard InChI is InChI=1S/C19H19BrF2N2O4S/c20-14-3-1-13(2-4-14)17-11-24(9-10-28-17)12-18(25)23-15-5-7-16(8-6-15)29(26,27)19(21)22/h1-8,17,19H,9-12H2,(H,23,25). The minimum atomic E-state index is -4.65. The molecule has 3 rings (SSSR count). The van der Waals surface area contributed by atoms with E-state index in [2.05, 4.69) is 21.2 Å². The Labute approximate surface area is 175 Å². The predicted molar refractivity (Wildman–Crippen MR) is 108 cm³/mol. The summed E-state index contributed by atoms with van der Waals surface area (Å²) in [7, 11) is -4.65. The molecule has 2 aromatic rings. The number of nitrogens with one attached hydrogen (secondary N) is 1. The molecule has 10 heteroatoms. The normalized spacial score (nSPS) is 18.0. The number of hydrogen-bond donors (Lipinski definition) is 1. The number of amides is 1. The van der Waals surface area contributed by atoms with Crippen molar-refractivity contribution in [1.29, 1.82) is 0 Å². The Morgan fingerprint density at radius 2 is 1.83 bits per heavy atom. The molecule has 2 aromatic carbocycles. The van der Waals surface area contributed by atoms with Crippen LogP contribution in [0.3, 0.4) is 0 Å². The molecule has 6 nitrogen and oxygen atoms in total. The number of carbonyl (C=O) groups excluding carboxylic acids is 1. The minimum Gasteiger partial charge on any atom is -0.371 e. The SMILES string of the molecule is O=C(CN1CCOC(c2ccc(Br)cc2)C1)Nc1ccc(S(=O)(=O)C(F)F)cc1. The van der Waals surface area contributed by atoms with Crippen LogP contribution in [0, 0.1) is 0 Å². The van der Waals surface area contributed by atoms with Crippen LogP contribution in [0.2, 0.25) is 0 Å². The first-order valence-corrected chi connectivity index (χ1v) is 11.1. The first-order valence-electron chi connectivity index (χ1n) is 8.77. The third-order valence-corrected chi connectivity index (χ3v) is 6.39. The van der Waals surface area contributed by atoms with Crippen molar-refractivity contribution in [3.8, 4) is 0 Å². The average Bonchev–Trinajstić information content (AvgIpc) is 2.69. The predicted octanol–water partition coefficient (Wildman–Crippen LogP) is 3.46. The van der Waals surface area contributed by atoms with Crippen molar-refractivity contribution >= 4 is 37.4 Å². The molecule has 1 atom stereocenters. The summed E-state index contributed by atoms with van der Waals surface area (Å²) in [6.07, 6.45) is -0.136. The van der Waals surface area contributed by atoms with E-state index in [-0.39, 0.29) is 18.6 Å². The van der Waals surface area contributed by atoms with Crippen LogP contribution in [0.5, 0.6) is 0 Å². The van der Waals surface area contributed by atoms with Crippen molar-refractivity contribution in [2.45, 2.75) is 16.8 Å². The van der Waals surface area contributed by atoms with Gasteiger partial charge in [0.2, 0.25) is 15.7 Å². The summed E-state index contributed by atoms with van der Waals surface area (Å²) in [6, 6.07) is 12.5. The van der Waals surface area contributed by atoms with E-state index in [1.807, 2.05) is 29.2 Å². The van der Waals surface area contributed by atoms with Crippen LogP contribution >= 0.6 is 15.9 Å². The molecule has 0 radical (unpaired) electrons. The number of benzene rings is 2. The monoisotopic (exact) mass is 488 g/mol. The number of halogens is 3. The highest BCUT2D eigenvalue weighted by atomic mass is 79.9. The highest BCUT2D eigenvalue weighted by Gasteiger charge is 2.26. The van der Waals surface area contributed by atoms with E-state index in [1.54, 1.807) is 0 Å². The fourth-order valence-corrected chi connectivity index (χ4v) is 3.95. The van der Waals surface area contributed by atoms with Gasteiger partial charge in [-0.2, -0.15) is 8.78 Å². The number of morpholine rings is 1. The topological polar surface area (TPSA) is 75.7 Å². The molecule has 0 aliphatic carbocycles. The van der Waals surface area contributed by atoms with Crippen molar-refractivity contribution in [3.05, 3.63) is 58.6 Å². The third kappa shape index (κ3) is 5.59. The van der Waals surface area contributed by atoms with E-state index in [9.17, 15) is 22.0 Å². The van der Waals surface area contributed by atoms with Gasteiger partial charge in [-0.25, -0.2) is 8.42 Å². The van der Waals surface area contributed by atoms with Gasteiger partial charge in [-0.1, -0.05) is 28.1 Å². The highest BCUT2D eigenvalue weighted by molar-refractivity contribution is 9.10. The van der Waals surface area contributed by atoms with Crippen LogP contribution in [-0.2, 0) is 19.4 Å². The molecular weight excluding hydrogens is 470 g/mol. The van der Waals surface area contributed by atoms with E-state index >= 15 is 0 Å². The van der Waals surface area contributed by atoms with E-state index in [1.165, 1.54) is 12.1 Å². The van der Waals surface area contributed by atoms with Gasteiger partial charge in [0.15, 0.2) is 0 Å². The number of ether oxygens (including phenoxy) is 1. The second kappa shape index (κ2) is 9.29. The van der Waals surface area contributed by atoms with Gasteiger partial charge in [0.25, 0.3) is 0 Å². The molecule has 1 fully saturated rings. The van der Waals surface area contributed by atoms with Gasteiger partial charge in [0.1, 0.15) is 0 Å². The molecule has 29 heavy (non-hydrogen) atoms. The summed E-state index contributed by atoms with van der Waals surface area (Å²) in [5.41, 5.74) is 1.36. The molecule has 1 unspecified atom stereocenters. The van der Waals surface area contributed by atoms with Gasteiger partial charge in [0, 0.05) is 23.2 Å². The maximum Gasteiger partial charge on any atom is 0.341 e. The summed E-state index contributed by atoms with van der Waals surface area (Å²) in [5.74, 6) is -3.77. The van der Waals surface area contributed by atoms with Gasteiger partial charge in [-0.05, 0) is 42.0 Å². The Kier molecular flexibility index (Phi) is 6.99. The first-order chi connectivity index (χ1) is 13.8. The molecule has 1 aliphatic heterocycles. The summed E-state index contributed by atoms with van der Waals surface area (Å²) >= 11 is 3.39. The molecule has 0 aromatic heterocycles. The van der Waals surface area contributed by atoms with Crippen LogP contribution in [0.25, 0.3) is 0 Å². The molecule has 0 spiro atoms. The van der Waals surface area contributed by atoms with Crippen LogP contribution in [0.4, 0.5) is 14.5 Å². The highest BCUT2D eigenvalue weighted by Crippen LogP contribution is 2.24. The first kappa shape index (κ1) is 21.8. The maximum atomic E-state index is 12.6. The molecule has 1 N–H and O–H groups in total. The second-order valence-corrected chi connectivity index (χ2v) is 9.36. The third-order valence-electron chi connectivity index (χ3n) is 4.46. The fraction of sp³-hybridized carbons (Fsp3) is 0.316. The smallest absolute Gasteiger partial charge is 0.341 e. The molecule has 1 amide bonds. The van der Waals surface area contributed by atoms with Gasteiger partial charge in [-0.3, -0.25) is 9.69 Å². The molecule has 0 bridgehead atoms. The maximum absolute atomic E-state index is 12.6. The van der Waals surface area contributed by atoms with Crippen LogP contribution < -0.4 is 5.32 Å². The number of alkyl halides is 2. The summed E-state index contributed by atoms with van der Waals surface area (Å²) < 4.78 is 54.8. The van der Waals surface area contributed by atoms with E-state index in [0.29, 0.717) is 25.4 Å². The number of anilines is 1. The van der Waals surface area contributed by atoms with Crippen molar-refractivity contribution in [2.75, 3.05) is 31.6 Å². The molecule has 1 saturated heterocycles. The Morgan fingerprint density at radius 3 is 2.45 bits per heavy atom. The fourth-order valence-electron chi connectivity index (χ4n) is 2.96. The van der Waals surface area contributed by atoms with E-state index in [4.69, 9.17) is 4.74 Å². The average molecular weight is 489 g/mol. The molecule has 1 heterocycles. The lowest BCUT2D eigenvalue weighted by Crippen LogP contribution is -2.42. The van der Waals surface area contributed by atoms with E-state index in [0.717, 1.165) is 22.2 Å². The van der Waals surface area contributed by atoms with Gasteiger partial charge in [-0.15, -0.1) is 0 Å². The lowest BCUT2D eigenvalue weighted by Gasteiger charge is -2.32. The Hall–Kier alpha value is -1.88. The summed E-state index contributed by atoms with van der Waals surface area (Å²) in [6.45, 7) is 1.79. The van der Waals surface area contributed by atoms with Crippen LogP contribution in [-0.4, -0.2) is 51.2 Å². The van der Waals surface area contributed by atoms with Gasteiger partial charge < -0.3 is 10.1 Å².